The SMILES string of the molecule is C=C/C(=C\C(=C/C)c1ccc2[nH]nc(-c3cc4c(-c5ccc(F)cc5)cncc4[nH]3)c2n1)CC. The fourth-order valence-electron chi connectivity index (χ4n) is 4.10. The molecule has 2 N–H and O–H groups in total. The number of nitrogens with zero attached hydrogens (tertiary/aromatic N) is 3. The first kappa shape index (κ1) is 21.5. The summed E-state index contributed by atoms with van der Waals surface area (Å²) in [6.07, 6.45) is 10.5. The molecular formula is C28H24FN5. The normalized spacial score (nSPS) is 12.6. The molecule has 0 atom stereocenters. The largest absolute Gasteiger partial charge is 0.352 e. The van der Waals surface area contributed by atoms with Crippen molar-refractivity contribution in [3.63, 3.8) is 0 Å². The van der Waals surface area contributed by atoms with Gasteiger partial charge in [0.15, 0.2) is 0 Å². The number of hydrogen-bond donors (Lipinski definition) is 2. The maximum absolute atomic E-state index is 13.4. The van der Waals surface area contributed by atoms with Crippen LogP contribution < -0.4 is 0 Å². The molecule has 0 bridgehead atoms. The van der Waals surface area contributed by atoms with E-state index < -0.39 is 0 Å². The molecule has 0 fully saturated rings. The highest BCUT2D eigenvalue weighted by atomic mass is 19.1. The molecule has 4 aromatic heterocycles. The van der Waals surface area contributed by atoms with E-state index in [0.29, 0.717) is 0 Å². The quantitative estimate of drug-likeness (QED) is 0.269. The van der Waals surface area contributed by atoms with Crippen LogP contribution in [0.5, 0.6) is 0 Å². The summed E-state index contributed by atoms with van der Waals surface area (Å²) in [6, 6.07) is 12.5. The van der Waals surface area contributed by atoms with E-state index in [1.54, 1.807) is 24.5 Å². The molecule has 5 rings (SSSR count). The van der Waals surface area contributed by atoms with Crippen molar-refractivity contribution in [1.29, 1.82) is 0 Å². The lowest BCUT2D eigenvalue weighted by molar-refractivity contribution is 0.628. The summed E-state index contributed by atoms with van der Waals surface area (Å²) in [6.45, 7) is 8.02. The first-order valence-electron chi connectivity index (χ1n) is 11.2. The van der Waals surface area contributed by atoms with Crippen molar-refractivity contribution in [3.05, 3.63) is 96.7 Å². The Bertz CT molecular complexity index is 1570. The highest BCUT2D eigenvalue weighted by Crippen LogP contribution is 2.33. The molecule has 5 nitrogen and oxygen atoms in total. The molecule has 0 aliphatic rings. The Labute approximate surface area is 196 Å². The minimum atomic E-state index is -0.266. The summed E-state index contributed by atoms with van der Waals surface area (Å²) in [5.41, 5.74) is 8.95. The minimum Gasteiger partial charge on any atom is -0.352 e. The fourth-order valence-corrected chi connectivity index (χ4v) is 4.10. The number of pyridine rings is 2. The van der Waals surface area contributed by atoms with Gasteiger partial charge < -0.3 is 4.98 Å². The van der Waals surface area contributed by atoms with Crippen molar-refractivity contribution in [1.82, 2.24) is 25.1 Å². The Balaban J connectivity index is 1.62. The third-order valence-electron chi connectivity index (χ3n) is 5.98. The molecule has 0 aliphatic carbocycles. The highest BCUT2D eigenvalue weighted by molar-refractivity contribution is 6.00. The molecule has 34 heavy (non-hydrogen) atoms. The molecule has 0 spiro atoms. The summed E-state index contributed by atoms with van der Waals surface area (Å²) in [5.74, 6) is -0.266. The van der Waals surface area contributed by atoms with Gasteiger partial charge >= 0.3 is 0 Å². The van der Waals surface area contributed by atoms with Crippen LogP contribution in [0.2, 0.25) is 0 Å². The van der Waals surface area contributed by atoms with Crippen molar-refractivity contribution in [2.24, 2.45) is 0 Å². The van der Waals surface area contributed by atoms with Gasteiger partial charge in [0.25, 0.3) is 0 Å². The van der Waals surface area contributed by atoms with Gasteiger partial charge in [0.1, 0.15) is 17.0 Å². The summed E-state index contributed by atoms with van der Waals surface area (Å²) < 4.78 is 13.4. The first-order valence-corrected chi connectivity index (χ1v) is 11.2. The van der Waals surface area contributed by atoms with E-state index in [1.165, 1.54) is 12.1 Å². The van der Waals surface area contributed by atoms with E-state index in [-0.39, 0.29) is 5.82 Å². The van der Waals surface area contributed by atoms with Crippen LogP contribution in [0.1, 0.15) is 26.0 Å². The Morgan fingerprint density at radius 1 is 1.09 bits per heavy atom. The second-order valence-electron chi connectivity index (χ2n) is 8.02. The number of fused-ring (bicyclic) bond motifs is 2. The van der Waals surface area contributed by atoms with Crippen LogP contribution in [-0.4, -0.2) is 25.1 Å². The average Bonchev–Trinajstić information content (AvgIpc) is 3.49. The van der Waals surface area contributed by atoms with Crippen molar-refractivity contribution < 1.29 is 4.39 Å². The Morgan fingerprint density at radius 3 is 2.65 bits per heavy atom. The molecule has 0 saturated heterocycles. The standard InChI is InChI=1S/C28H24FN5/c1-4-17(5-2)13-18(6-3)23-11-12-24-27(32-23)28(34-33-24)25-14-21-22(15-30-16-26(21)31-25)19-7-9-20(29)10-8-19/h4,6-16,31H,1,5H2,2-3H3,(H,33,34)/b17-13+,18-6+. The van der Waals surface area contributed by atoms with Gasteiger partial charge in [0, 0.05) is 17.1 Å². The van der Waals surface area contributed by atoms with Crippen LogP contribution in [-0.2, 0) is 0 Å². The van der Waals surface area contributed by atoms with E-state index in [9.17, 15) is 4.39 Å². The molecule has 0 saturated carbocycles. The van der Waals surface area contributed by atoms with E-state index in [0.717, 1.165) is 67.7 Å². The van der Waals surface area contributed by atoms with E-state index in [1.807, 2.05) is 31.2 Å². The van der Waals surface area contributed by atoms with Crippen LogP contribution in [0.4, 0.5) is 4.39 Å². The number of benzene rings is 1. The van der Waals surface area contributed by atoms with Gasteiger partial charge in [0.05, 0.1) is 28.6 Å². The zero-order chi connectivity index (χ0) is 23.7. The molecule has 0 aliphatic heterocycles. The van der Waals surface area contributed by atoms with Gasteiger partial charge in [-0.1, -0.05) is 37.8 Å². The zero-order valence-electron chi connectivity index (χ0n) is 19.1. The average molecular weight is 450 g/mol. The van der Waals surface area contributed by atoms with Gasteiger partial charge in [0.2, 0.25) is 0 Å². The summed E-state index contributed by atoms with van der Waals surface area (Å²) in [4.78, 5) is 12.7. The maximum Gasteiger partial charge on any atom is 0.135 e. The Hall–Kier alpha value is -4.32. The van der Waals surface area contributed by atoms with Crippen LogP contribution in [0.25, 0.3) is 50.0 Å². The van der Waals surface area contributed by atoms with Crippen molar-refractivity contribution in [2.75, 3.05) is 0 Å². The molecular weight excluding hydrogens is 425 g/mol. The predicted molar refractivity (Wildman–Crippen MR) is 137 cm³/mol. The van der Waals surface area contributed by atoms with Gasteiger partial charge in [-0.2, -0.15) is 5.10 Å². The highest BCUT2D eigenvalue weighted by Gasteiger charge is 2.16. The fraction of sp³-hybridized carbons (Fsp3) is 0.107. The molecule has 4 heterocycles. The van der Waals surface area contributed by atoms with Gasteiger partial charge in [-0.25, -0.2) is 9.37 Å². The van der Waals surface area contributed by atoms with E-state index >= 15 is 0 Å². The monoisotopic (exact) mass is 449 g/mol. The third-order valence-corrected chi connectivity index (χ3v) is 5.98. The predicted octanol–water partition coefficient (Wildman–Crippen LogP) is 7.23. The number of hydrogen-bond acceptors (Lipinski definition) is 3. The Morgan fingerprint density at radius 2 is 1.91 bits per heavy atom. The van der Waals surface area contributed by atoms with Gasteiger partial charge in [-0.05, 0) is 66.5 Å². The number of aromatic amines is 2. The maximum atomic E-state index is 13.4. The van der Waals surface area contributed by atoms with Crippen LogP contribution in [0.3, 0.4) is 0 Å². The lowest BCUT2D eigenvalue weighted by Gasteiger charge is -2.04. The number of nitrogens with one attached hydrogen (secondary N) is 2. The van der Waals surface area contributed by atoms with Gasteiger partial charge in [-0.3, -0.25) is 10.1 Å². The molecule has 0 unspecified atom stereocenters. The number of aromatic nitrogens is 5. The lowest BCUT2D eigenvalue weighted by atomic mass is 10.0. The number of H-pyrrole nitrogens is 2. The molecule has 6 heteroatoms. The zero-order valence-corrected chi connectivity index (χ0v) is 19.1. The van der Waals surface area contributed by atoms with Crippen molar-refractivity contribution >= 4 is 27.5 Å². The lowest BCUT2D eigenvalue weighted by Crippen LogP contribution is -1.90. The minimum absolute atomic E-state index is 0.266. The van der Waals surface area contributed by atoms with Crippen LogP contribution >= 0.6 is 0 Å². The topological polar surface area (TPSA) is 70.2 Å². The third kappa shape index (κ3) is 3.83. The number of halogens is 1. The smallest absolute Gasteiger partial charge is 0.135 e. The molecule has 1 aromatic carbocycles. The Kier molecular flexibility index (Phi) is 5.64. The van der Waals surface area contributed by atoms with Crippen molar-refractivity contribution in [2.45, 2.75) is 20.3 Å². The summed E-state index contributed by atoms with van der Waals surface area (Å²) in [5, 5.41) is 8.63. The number of rotatable bonds is 6. The van der Waals surface area contributed by atoms with Crippen LogP contribution in [0, 0.1) is 5.82 Å². The van der Waals surface area contributed by atoms with E-state index in [4.69, 9.17) is 4.98 Å². The molecule has 0 amide bonds. The van der Waals surface area contributed by atoms with Crippen molar-refractivity contribution in [3.8, 4) is 22.5 Å². The summed E-state index contributed by atoms with van der Waals surface area (Å²) >= 11 is 0. The number of allylic oxidation sites excluding steroid dienone is 5. The van der Waals surface area contributed by atoms with E-state index in [2.05, 4.69) is 45.8 Å². The van der Waals surface area contributed by atoms with Crippen LogP contribution in [0.15, 0.2) is 85.2 Å². The molecule has 168 valence electrons. The molecule has 5 aromatic rings. The first-order chi connectivity index (χ1) is 16.6. The second-order valence-corrected chi connectivity index (χ2v) is 8.02. The summed E-state index contributed by atoms with van der Waals surface area (Å²) in [7, 11) is 0. The molecule has 0 radical (unpaired) electrons. The van der Waals surface area contributed by atoms with Gasteiger partial charge in [-0.15, -0.1) is 0 Å². The second kappa shape index (κ2) is 8.90.